The first kappa shape index (κ1) is 11.7. The second-order valence-electron chi connectivity index (χ2n) is 4.60. The van der Waals surface area contributed by atoms with E-state index in [-0.39, 0.29) is 6.04 Å². The average Bonchev–Trinajstić information content (AvgIpc) is 2.30. The smallest absolute Gasteiger partial charge is 0.404 e. The maximum absolute atomic E-state index is 10.5. The number of nitrogens with one attached hydrogen (secondary N) is 1. The summed E-state index contributed by atoms with van der Waals surface area (Å²) in [5.41, 5.74) is 0. The zero-order valence-electron chi connectivity index (χ0n) is 9.52. The van der Waals surface area contributed by atoms with Gasteiger partial charge >= 0.3 is 6.09 Å². The number of piperidine rings is 1. The number of carboxylic acid groups (broad SMARTS) is 1. The van der Waals surface area contributed by atoms with Crippen LogP contribution in [0.15, 0.2) is 0 Å². The van der Waals surface area contributed by atoms with Gasteiger partial charge in [0.2, 0.25) is 0 Å². The summed E-state index contributed by atoms with van der Waals surface area (Å²) in [4.78, 5) is 13.0. The molecule has 0 spiro atoms. The first-order valence-electron chi connectivity index (χ1n) is 6.07. The van der Waals surface area contributed by atoms with E-state index in [1.165, 1.54) is 0 Å². The summed E-state index contributed by atoms with van der Waals surface area (Å²) in [5.74, 6) is 0. The largest absolute Gasteiger partial charge is 0.465 e. The van der Waals surface area contributed by atoms with Crippen LogP contribution in [-0.2, 0) is 4.74 Å². The second-order valence-corrected chi connectivity index (χ2v) is 4.60. The van der Waals surface area contributed by atoms with Crippen LogP contribution in [0.2, 0.25) is 0 Å². The Bertz CT molecular complexity index is 233. The molecule has 2 aliphatic heterocycles. The van der Waals surface area contributed by atoms with Crippen LogP contribution in [0.3, 0.4) is 0 Å². The van der Waals surface area contributed by atoms with Crippen molar-refractivity contribution >= 4 is 6.09 Å². The summed E-state index contributed by atoms with van der Waals surface area (Å²) in [5, 5.41) is 11.2. The van der Waals surface area contributed by atoms with E-state index >= 15 is 0 Å². The van der Waals surface area contributed by atoms with E-state index in [1.807, 2.05) is 0 Å². The van der Waals surface area contributed by atoms with Crippen molar-refractivity contribution in [1.82, 2.24) is 10.2 Å². The number of ether oxygens (including phenoxy) is 1. The lowest BCUT2D eigenvalue weighted by Crippen LogP contribution is -2.49. The van der Waals surface area contributed by atoms with Gasteiger partial charge in [0.05, 0.1) is 0 Å². The molecule has 92 valence electrons. The molecule has 0 saturated carbocycles. The number of hydrogen-bond donors (Lipinski definition) is 2. The van der Waals surface area contributed by atoms with Gasteiger partial charge in [-0.15, -0.1) is 0 Å². The van der Waals surface area contributed by atoms with E-state index in [1.54, 1.807) is 0 Å². The third-order valence-electron chi connectivity index (χ3n) is 3.56. The summed E-state index contributed by atoms with van der Waals surface area (Å²) < 4.78 is 5.35. The third kappa shape index (κ3) is 3.09. The van der Waals surface area contributed by atoms with Crippen LogP contribution >= 0.6 is 0 Å². The van der Waals surface area contributed by atoms with Crippen molar-refractivity contribution in [2.24, 2.45) is 0 Å². The predicted molar refractivity (Wildman–Crippen MR) is 59.6 cm³/mol. The minimum absolute atomic E-state index is 0.147. The Balaban J connectivity index is 1.73. The minimum atomic E-state index is -0.899. The van der Waals surface area contributed by atoms with Gasteiger partial charge in [-0.25, -0.2) is 4.79 Å². The number of hydrogen-bond acceptors (Lipinski definition) is 3. The molecule has 2 heterocycles. The van der Waals surface area contributed by atoms with E-state index < -0.39 is 6.09 Å². The molecule has 2 N–H and O–H groups in total. The summed E-state index contributed by atoms with van der Waals surface area (Å²) in [6.45, 7) is 3.77. The Morgan fingerprint density at radius 3 is 2.38 bits per heavy atom. The fourth-order valence-electron chi connectivity index (χ4n) is 2.63. The molecule has 2 rings (SSSR count). The molecule has 0 aromatic rings. The normalized spacial score (nSPS) is 25.5. The zero-order chi connectivity index (χ0) is 11.4. The van der Waals surface area contributed by atoms with Gasteiger partial charge in [-0.1, -0.05) is 0 Å². The molecule has 5 nitrogen and oxygen atoms in total. The predicted octanol–water partition coefficient (Wildman–Crippen LogP) is 0.897. The van der Waals surface area contributed by atoms with Crippen molar-refractivity contribution < 1.29 is 14.6 Å². The standard InChI is InChI=1S/C11H20N2O3/c14-11(15)12-9-1-5-13(6-2-9)10-3-7-16-8-4-10/h9-10,12H,1-8H2,(H,14,15). The SMILES string of the molecule is O=C(O)NC1CCN(C2CCOCC2)CC1. The molecule has 2 fully saturated rings. The highest BCUT2D eigenvalue weighted by atomic mass is 16.5. The number of rotatable bonds is 2. The van der Waals surface area contributed by atoms with Gasteiger partial charge in [0.1, 0.15) is 0 Å². The van der Waals surface area contributed by atoms with Gasteiger partial charge in [0.25, 0.3) is 0 Å². The van der Waals surface area contributed by atoms with E-state index in [9.17, 15) is 4.79 Å². The Morgan fingerprint density at radius 1 is 1.19 bits per heavy atom. The van der Waals surface area contributed by atoms with E-state index in [0.29, 0.717) is 6.04 Å². The number of carbonyl (C=O) groups is 1. The minimum Gasteiger partial charge on any atom is -0.465 e. The van der Waals surface area contributed by atoms with Crippen LogP contribution in [0.25, 0.3) is 0 Å². The van der Waals surface area contributed by atoms with Gasteiger partial charge in [0.15, 0.2) is 0 Å². The van der Waals surface area contributed by atoms with Crippen LogP contribution in [0, 0.1) is 0 Å². The average molecular weight is 228 g/mol. The molecule has 0 aromatic carbocycles. The van der Waals surface area contributed by atoms with E-state index in [0.717, 1.165) is 52.0 Å². The van der Waals surface area contributed by atoms with Crippen molar-refractivity contribution in [2.75, 3.05) is 26.3 Å². The molecule has 2 saturated heterocycles. The maximum atomic E-state index is 10.5. The molecule has 2 aliphatic rings. The van der Waals surface area contributed by atoms with Crippen molar-refractivity contribution in [3.05, 3.63) is 0 Å². The second kappa shape index (κ2) is 5.50. The van der Waals surface area contributed by atoms with Crippen LogP contribution < -0.4 is 5.32 Å². The molecule has 0 radical (unpaired) electrons. The van der Waals surface area contributed by atoms with Crippen molar-refractivity contribution in [1.29, 1.82) is 0 Å². The van der Waals surface area contributed by atoms with Gasteiger partial charge in [-0.05, 0) is 25.7 Å². The Hall–Kier alpha value is -0.810. The van der Waals surface area contributed by atoms with Crippen LogP contribution in [0.4, 0.5) is 4.79 Å². The van der Waals surface area contributed by atoms with Crippen molar-refractivity contribution in [2.45, 2.75) is 37.8 Å². The summed E-state index contributed by atoms with van der Waals surface area (Å²) in [6.07, 6.45) is 3.21. The third-order valence-corrected chi connectivity index (χ3v) is 3.56. The molecule has 0 unspecified atom stereocenters. The molecule has 0 aliphatic carbocycles. The Labute approximate surface area is 95.8 Å². The van der Waals surface area contributed by atoms with Gasteiger partial charge in [-0.3, -0.25) is 0 Å². The van der Waals surface area contributed by atoms with Crippen molar-refractivity contribution in [3.63, 3.8) is 0 Å². The maximum Gasteiger partial charge on any atom is 0.404 e. The molecule has 0 bridgehead atoms. The van der Waals surface area contributed by atoms with Crippen molar-refractivity contribution in [3.8, 4) is 0 Å². The van der Waals surface area contributed by atoms with E-state index in [2.05, 4.69) is 10.2 Å². The summed E-state index contributed by atoms with van der Waals surface area (Å²) in [6, 6.07) is 0.799. The fourth-order valence-corrected chi connectivity index (χ4v) is 2.63. The first-order valence-corrected chi connectivity index (χ1v) is 6.07. The highest BCUT2D eigenvalue weighted by Gasteiger charge is 2.26. The lowest BCUT2D eigenvalue weighted by Gasteiger charge is -2.39. The molecular weight excluding hydrogens is 208 g/mol. The summed E-state index contributed by atoms with van der Waals surface area (Å²) in [7, 11) is 0. The summed E-state index contributed by atoms with van der Waals surface area (Å²) >= 11 is 0. The molecule has 5 heteroatoms. The Morgan fingerprint density at radius 2 is 1.81 bits per heavy atom. The van der Waals surface area contributed by atoms with Gasteiger partial charge in [-0.2, -0.15) is 0 Å². The fraction of sp³-hybridized carbons (Fsp3) is 0.909. The number of likely N-dealkylation sites (tertiary alicyclic amines) is 1. The number of nitrogens with zero attached hydrogens (tertiary/aromatic N) is 1. The van der Waals surface area contributed by atoms with E-state index in [4.69, 9.17) is 9.84 Å². The van der Waals surface area contributed by atoms with Crippen LogP contribution in [-0.4, -0.2) is 54.5 Å². The van der Waals surface area contributed by atoms with Gasteiger partial charge < -0.3 is 20.1 Å². The highest BCUT2D eigenvalue weighted by molar-refractivity contribution is 5.64. The molecular formula is C11H20N2O3. The first-order chi connectivity index (χ1) is 7.75. The number of amides is 1. The lowest BCUT2D eigenvalue weighted by atomic mass is 10.00. The van der Waals surface area contributed by atoms with Gasteiger partial charge in [0, 0.05) is 38.4 Å². The van der Waals surface area contributed by atoms with Crippen LogP contribution in [0.1, 0.15) is 25.7 Å². The molecule has 0 atom stereocenters. The molecule has 0 aromatic heterocycles. The molecule has 16 heavy (non-hydrogen) atoms. The monoisotopic (exact) mass is 228 g/mol. The topological polar surface area (TPSA) is 61.8 Å². The quantitative estimate of drug-likeness (QED) is 0.737. The highest BCUT2D eigenvalue weighted by Crippen LogP contribution is 2.19. The lowest BCUT2D eigenvalue weighted by molar-refractivity contribution is 0.0240. The zero-order valence-corrected chi connectivity index (χ0v) is 9.52. The molecule has 1 amide bonds. The van der Waals surface area contributed by atoms with Crippen LogP contribution in [0.5, 0.6) is 0 Å². The Kier molecular flexibility index (Phi) is 4.01.